The second-order valence-corrected chi connectivity index (χ2v) is 5.51. The third kappa shape index (κ3) is 3.28. The predicted octanol–water partition coefficient (Wildman–Crippen LogP) is 2.57. The van der Waals surface area contributed by atoms with Crippen LogP contribution in [0.25, 0.3) is 0 Å². The minimum Gasteiger partial charge on any atom is -0.503 e. The number of rotatable bonds is 3. The molecule has 7 heteroatoms. The molecule has 1 aliphatic heterocycles. The maximum atomic E-state index is 13.2. The zero-order chi connectivity index (χ0) is 16.6. The van der Waals surface area contributed by atoms with E-state index in [1.54, 1.807) is 22.8 Å². The van der Waals surface area contributed by atoms with Crippen LogP contribution < -0.4 is 15.1 Å². The number of alkyl halides is 2. The van der Waals surface area contributed by atoms with Crippen molar-refractivity contribution in [1.82, 2.24) is 4.57 Å². The van der Waals surface area contributed by atoms with Gasteiger partial charge < -0.3 is 19.3 Å². The van der Waals surface area contributed by atoms with Gasteiger partial charge in [-0.3, -0.25) is 4.79 Å². The lowest BCUT2D eigenvalue weighted by Gasteiger charge is -2.33. The summed E-state index contributed by atoms with van der Waals surface area (Å²) in [5.41, 5.74) is 0.792. The fourth-order valence-corrected chi connectivity index (χ4v) is 2.65. The number of benzene rings is 1. The van der Waals surface area contributed by atoms with Crippen LogP contribution in [-0.4, -0.2) is 22.3 Å². The first-order chi connectivity index (χ1) is 10.8. The zero-order valence-electron chi connectivity index (χ0n) is 12.5. The van der Waals surface area contributed by atoms with Crippen LogP contribution in [0.2, 0.25) is 0 Å². The zero-order valence-corrected chi connectivity index (χ0v) is 12.5. The Balaban J connectivity index is 1.92. The third-order valence-corrected chi connectivity index (χ3v) is 3.66. The Morgan fingerprint density at radius 2 is 2.00 bits per heavy atom. The van der Waals surface area contributed by atoms with E-state index in [1.807, 2.05) is 4.90 Å². The number of nitrogens with zero attached hydrogens (tertiary/aromatic N) is 2. The molecule has 0 unspecified atom stereocenters. The van der Waals surface area contributed by atoms with Gasteiger partial charge in [0.25, 0.3) is 0 Å². The molecule has 3 rings (SSSR count). The van der Waals surface area contributed by atoms with Crippen LogP contribution in [0.5, 0.6) is 11.5 Å². The van der Waals surface area contributed by atoms with Gasteiger partial charge in [-0.2, -0.15) is 8.78 Å². The van der Waals surface area contributed by atoms with Crippen molar-refractivity contribution in [2.45, 2.75) is 26.1 Å². The minimum absolute atomic E-state index is 0.0922. The molecule has 2 aromatic rings. The molecule has 0 atom stereocenters. The van der Waals surface area contributed by atoms with Gasteiger partial charge in [-0.1, -0.05) is 12.1 Å². The number of aromatic nitrogens is 1. The molecule has 0 radical (unpaired) electrons. The van der Waals surface area contributed by atoms with E-state index in [0.717, 1.165) is 0 Å². The normalized spacial score (nSPS) is 14.5. The molecule has 0 bridgehead atoms. The van der Waals surface area contributed by atoms with Gasteiger partial charge in [0.05, 0.1) is 18.4 Å². The first-order valence-corrected chi connectivity index (χ1v) is 7.16. The Morgan fingerprint density at radius 3 is 2.74 bits per heavy atom. The van der Waals surface area contributed by atoms with Crippen LogP contribution in [-0.2, 0) is 13.1 Å². The lowest BCUT2D eigenvalue weighted by molar-refractivity contribution is -0.158. The fourth-order valence-electron chi connectivity index (χ4n) is 2.65. The molecule has 1 N–H and O–H groups in total. The summed E-state index contributed by atoms with van der Waals surface area (Å²) in [5, 5.41) is 9.48. The number of halogens is 2. The maximum absolute atomic E-state index is 13.2. The number of pyridine rings is 1. The largest absolute Gasteiger partial charge is 0.503 e. The van der Waals surface area contributed by atoms with Gasteiger partial charge in [0, 0.05) is 31.8 Å². The molecule has 1 aromatic heterocycles. The van der Waals surface area contributed by atoms with Crippen LogP contribution in [0.15, 0.2) is 41.3 Å². The highest BCUT2D eigenvalue weighted by Gasteiger charge is 2.27. The van der Waals surface area contributed by atoms with E-state index >= 15 is 0 Å². The second-order valence-electron chi connectivity index (χ2n) is 5.51. The molecule has 0 amide bonds. The van der Waals surface area contributed by atoms with E-state index in [4.69, 9.17) is 4.74 Å². The van der Waals surface area contributed by atoms with Crippen molar-refractivity contribution in [3.8, 4) is 11.5 Å². The number of hydrogen-bond donors (Lipinski definition) is 1. The molecule has 0 saturated heterocycles. The van der Waals surface area contributed by atoms with Crippen molar-refractivity contribution in [2.75, 3.05) is 11.4 Å². The van der Waals surface area contributed by atoms with E-state index in [2.05, 4.69) is 0 Å². The Bertz CT molecular complexity index is 784. The predicted molar refractivity (Wildman–Crippen MR) is 81.1 cm³/mol. The molecule has 5 nitrogen and oxygen atoms in total. The van der Waals surface area contributed by atoms with E-state index in [9.17, 15) is 18.7 Å². The maximum Gasteiger partial charge on any atom is 0.394 e. The first kappa shape index (κ1) is 15.3. The second kappa shape index (κ2) is 5.57. The van der Waals surface area contributed by atoms with E-state index in [0.29, 0.717) is 37.9 Å². The van der Waals surface area contributed by atoms with Gasteiger partial charge in [-0.15, -0.1) is 0 Å². The van der Waals surface area contributed by atoms with E-state index in [1.165, 1.54) is 18.3 Å². The third-order valence-electron chi connectivity index (χ3n) is 3.66. The minimum atomic E-state index is -3.27. The van der Waals surface area contributed by atoms with Crippen LogP contribution >= 0.6 is 0 Å². The topological polar surface area (TPSA) is 54.7 Å². The Kier molecular flexibility index (Phi) is 3.71. The molecule has 1 aromatic carbocycles. The fraction of sp³-hybridized carbons (Fsp3) is 0.312. The lowest BCUT2D eigenvalue weighted by atomic mass is 10.2. The SMILES string of the molecule is CC(F)(F)Oc1ccccc1N1CCn2cc(O)c(=O)cc2C1. The molecule has 122 valence electrons. The van der Waals surface area contributed by atoms with Crippen LogP contribution in [0.4, 0.5) is 14.5 Å². The summed E-state index contributed by atoms with van der Waals surface area (Å²) in [7, 11) is 0. The van der Waals surface area contributed by atoms with Crippen LogP contribution in [0.1, 0.15) is 12.6 Å². The van der Waals surface area contributed by atoms with Crippen molar-refractivity contribution in [3.63, 3.8) is 0 Å². The summed E-state index contributed by atoms with van der Waals surface area (Å²) >= 11 is 0. The van der Waals surface area contributed by atoms with Gasteiger partial charge >= 0.3 is 6.11 Å². The van der Waals surface area contributed by atoms with Gasteiger partial charge in [0.2, 0.25) is 5.43 Å². The van der Waals surface area contributed by atoms with Gasteiger partial charge in [-0.05, 0) is 12.1 Å². The Labute approximate surface area is 131 Å². The summed E-state index contributed by atoms with van der Waals surface area (Å²) < 4.78 is 32.9. The average Bonchev–Trinajstić information content (AvgIpc) is 2.47. The number of para-hydroxylation sites is 2. The summed E-state index contributed by atoms with van der Waals surface area (Å²) in [5.74, 6) is -0.203. The summed E-state index contributed by atoms with van der Waals surface area (Å²) in [4.78, 5) is 13.5. The van der Waals surface area contributed by atoms with Gasteiger partial charge in [-0.25, -0.2) is 0 Å². The standard InChI is InChI=1S/C16H16F2N2O3/c1-16(17,18)23-15-5-3-2-4-12(15)20-7-6-19-10-14(22)13(21)8-11(19)9-20/h2-5,8,10,22H,6-7,9H2,1H3. The molecule has 0 saturated carbocycles. The average molecular weight is 322 g/mol. The summed E-state index contributed by atoms with van der Waals surface area (Å²) in [6.07, 6.45) is -1.87. The molecule has 0 spiro atoms. The monoisotopic (exact) mass is 322 g/mol. The number of anilines is 1. The number of aromatic hydroxyl groups is 1. The molecule has 23 heavy (non-hydrogen) atoms. The van der Waals surface area contributed by atoms with Crippen molar-refractivity contribution in [2.24, 2.45) is 0 Å². The number of hydrogen-bond acceptors (Lipinski definition) is 4. The number of ether oxygens (including phenoxy) is 1. The smallest absolute Gasteiger partial charge is 0.394 e. The first-order valence-electron chi connectivity index (χ1n) is 7.16. The highest BCUT2D eigenvalue weighted by atomic mass is 19.3. The molecular weight excluding hydrogens is 306 g/mol. The van der Waals surface area contributed by atoms with E-state index in [-0.39, 0.29) is 11.5 Å². The van der Waals surface area contributed by atoms with E-state index < -0.39 is 11.5 Å². The quantitative estimate of drug-likeness (QED) is 0.944. The summed E-state index contributed by atoms with van der Waals surface area (Å²) in [6, 6.07) is 7.93. The molecule has 1 aliphatic rings. The van der Waals surface area contributed by atoms with Crippen molar-refractivity contribution in [1.29, 1.82) is 0 Å². The molecule has 0 fully saturated rings. The molecule has 0 aliphatic carbocycles. The Morgan fingerprint density at radius 1 is 1.26 bits per heavy atom. The highest BCUT2D eigenvalue weighted by Crippen LogP contribution is 2.33. The Hall–Kier alpha value is -2.57. The number of fused-ring (bicyclic) bond motifs is 1. The lowest BCUT2D eigenvalue weighted by Crippen LogP contribution is -2.35. The van der Waals surface area contributed by atoms with Crippen LogP contribution in [0.3, 0.4) is 0 Å². The van der Waals surface area contributed by atoms with Gasteiger partial charge in [0.15, 0.2) is 5.75 Å². The van der Waals surface area contributed by atoms with Crippen molar-refractivity contribution >= 4 is 5.69 Å². The van der Waals surface area contributed by atoms with Crippen molar-refractivity contribution < 1.29 is 18.6 Å². The highest BCUT2D eigenvalue weighted by molar-refractivity contribution is 5.59. The molecule has 2 heterocycles. The molecular formula is C16H16F2N2O3. The summed E-state index contributed by atoms with van der Waals surface area (Å²) in [6.45, 7) is 2.13. The van der Waals surface area contributed by atoms with Crippen molar-refractivity contribution in [3.05, 3.63) is 52.4 Å². The van der Waals surface area contributed by atoms with Crippen LogP contribution in [0, 0.1) is 0 Å². The van der Waals surface area contributed by atoms with Gasteiger partial charge in [0.1, 0.15) is 5.75 Å².